The highest BCUT2D eigenvalue weighted by molar-refractivity contribution is 5.87. The molecule has 0 aromatic heterocycles. The van der Waals surface area contributed by atoms with Crippen molar-refractivity contribution in [1.82, 2.24) is 9.80 Å². The Labute approximate surface area is 113 Å². The van der Waals surface area contributed by atoms with Crippen molar-refractivity contribution in [3.63, 3.8) is 0 Å². The summed E-state index contributed by atoms with van der Waals surface area (Å²) >= 11 is 0. The molecule has 0 radical (unpaired) electrons. The molecule has 0 saturated heterocycles. The van der Waals surface area contributed by atoms with E-state index in [1.54, 1.807) is 4.90 Å². The summed E-state index contributed by atoms with van der Waals surface area (Å²) in [5.74, 6) is -1.56. The number of hydrogen-bond acceptors (Lipinski definition) is 4. The number of carbonyl (C=O) groups is 3. The smallest absolute Gasteiger partial charge is 0.303 e. The average molecular weight is 273 g/mol. The fourth-order valence-electron chi connectivity index (χ4n) is 1.64. The second-order valence-electron chi connectivity index (χ2n) is 4.30. The number of carboxylic acids is 1. The number of nitrogens with two attached hydrogens (primary N) is 1. The van der Waals surface area contributed by atoms with Crippen molar-refractivity contribution in [2.45, 2.75) is 32.7 Å². The molecule has 0 aromatic carbocycles. The van der Waals surface area contributed by atoms with Crippen molar-refractivity contribution in [2.75, 3.05) is 26.7 Å². The standard InChI is InChI=1S/C12H23N3O4/c1-4-15(5-2)10(16)8-14(3)12(19)9(13)6-7-11(17)18/h9H,4-8,13H2,1-3H3,(H,17,18). The van der Waals surface area contributed by atoms with E-state index in [2.05, 4.69) is 0 Å². The summed E-state index contributed by atoms with van der Waals surface area (Å²) in [6.07, 6.45) is -0.0945. The SMILES string of the molecule is CCN(CC)C(=O)CN(C)C(=O)C(N)CCC(=O)O. The van der Waals surface area contributed by atoms with Crippen LogP contribution in [0, 0.1) is 0 Å². The molecule has 1 atom stereocenters. The van der Waals surface area contributed by atoms with Crippen LogP contribution in [0.25, 0.3) is 0 Å². The maximum atomic E-state index is 11.8. The number of hydrogen-bond donors (Lipinski definition) is 2. The molecule has 19 heavy (non-hydrogen) atoms. The minimum atomic E-state index is -0.995. The van der Waals surface area contributed by atoms with Gasteiger partial charge in [0.1, 0.15) is 0 Å². The third kappa shape index (κ3) is 6.19. The number of carbonyl (C=O) groups excluding carboxylic acids is 2. The van der Waals surface area contributed by atoms with E-state index in [4.69, 9.17) is 10.8 Å². The largest absolute Gasteiger partial charge is 0.481 e. The molecule has 2 amide bonds. The lowest BCUT2D eigenvalue weighted by Gasteiger charge is -2.24. The van der Waals surface area contributed by atoms with Gasteiger partial charge in [-0.15, -0.1) is 0 Å². The fourth-order valence-corrected chi connectivity index (χ4v) is 1.64. The third-order valence-electron chi connectivity index (χ3n) is 2.85. The van der Waals surface area contributed by atoms with Gasteiger partial charge in [0, 0.05) is 26.6 Å². The first-order valence-electron chi connectivity index (χ1n) is 6.33. The molecule has 0 fully saturated rings. The second kappa shape index (κ2) is 8.47. The van der Waals surface area contributed by atoms with Gasteiger partial charge < -0.3 is 20.6 Å². The molecular weight excluding hydrogens is 250 g/mol. The van der Waals surface area contributed by atoms with Gasteiger partial charge in [0.05, 0.1) is 12.6 Å². The Morgan fingerprint density at radius 3 is 2.16 bits per heavy atom. The molecule has 0 bridgehead atoms. The first kappa shape index (κ1) is 17.4. The van der Waals surface area contributed by atoms with E-state index < -0.39 is 17.9 Å². The Bertz CT molecular complexity index is 329. The van der Waals surface area contributed by atoms with Crippen LogP contribution in [-0.4, -0.2) is 65.4 Å². The molecule has 110 valence electrons. The van der Waals surface area contributed by atoms with E-state index in [0.717, 1.165) is 0 Å². The van der Waals surface area contributed by atoms with Gasteiger partial charge in [0.15, 0.2) is 0 Å². The number of rotatable bonds is 8. The second-order valence-corrected chi connectivity index (χ2v) is 4.30. The monoisotopic (exact) mass is 273 g/mol. The normalized spacial score (nSPS) is 11.8. The van der Waals surface area contributed by atoms with E-state index in [1.165, 1.54) is 11.9 Å². The lowest BCUT2D eigenvalue weighted by Crippen LogP contribution is -2.47. The number of likely N-dealkylation sites (N-methyl/N-ethyl adjacent to an activating group) is 2. The molecule has 0 spiro atoms. The van der Waals surface area contributed by atoms with Gasteiger partial charge in [0.25, 0.3) is 0 Å². The Morgan fingerprint density at radius 1 is 1.21 bits per heavy atom. The van der Waals surface area contributed by atoms with Crippen molar-refractivity contribution in [1.29, 1.82) is 0 Å². The Morgan fingerprint density at radius 2 is 1.74 bits per heavy atom. The molecule has 0 saturated carbocycles. The van der Waals surface area contributed by atoms with Crippen molar-refractivity contribution >= 4 is 17.8 Å². The Balaban J connectivity index is 4.32. The van der Waals surface area contributed by atoms with Crippen LogP contribution in [0.4, 0.5) is 0 Å². The lowest BCUT2D eigenvalue weighted by molar-refractivity contribution is -0.141. The maximum Gasteiger partial charge on any atom is 0.303 e. The van der Waals surface area contributed by atoms with Crippen LogP contribution in [0.2, 0.25) is 0 Å². The highest BCUT2D eigenvalue weighted by atomic mass is 16.4. The summed E-state index contributed by atoms with van der Waals surface area (Å²) < 4.78 is 0. The van der Waals surface area contributed by atoms with Gasteiger partial charge in [0.2, 0.25) is 11.8 Å². The Kier molecular flexibility index (Phi) is 7.74. The summed E-state index contributed by atoms with van der Waals surface area (Å²) in [6.45, 7) is 4.86. The van der Waals surface area contributed by atoms with Crippen LogP contribution in [0.1, 0.15) is 26.7 Å². The summed E-state index contributed by atoms with van der Waals surface area (Å²) in [4.78, 5) is 36.9. The average Bonchev–Trinajstić information content (AvgIpc) is 2.36. The van der Waals surface area contributed by atoms with Crippen molar-refractivity contribution in [3.05, 3.63) is 0 Å². The topological polar surface area (TPSA) is 104 Å². The zero-order valence-corrected chi connectivity index (χ0v) is 11.8. The van der Waals surface area contributed by atoms with Gasteiger partial charge in [-0.05, 0) is 20.3 Å². The van der Waals surface area contributed by atoms with Gasteiger partial charge in [-0.1, -0.05) is 0 Å². The third-order valence-corrected chi connectivity index (χ3v) is 2.85. The van der Waals surface area contributed by atoms with Gasteiger partial charge >= 0.3 is 5.97 Å². The molecule has 0 aliphatic rings. The highest BCUT2D eigenvalue weighted by Gasteiger charge is 2.22. The van der Waals surface area contributed by atoms with E-state index in [1.807, 2.05) is 13.8 Å². The van der Waals surface area contributed by atoms with Crippen molar-refractivity contribution in [3.8, 4) is 0 Å². The fraction of sp³-hybridized carbons (Fsp3) is 0.750. The molecule has 0 rings (SSSR count). The van der Waals surface area contributed by atoms with Crippen LogP contribution in [-0.2, 0) is 14.4 Å². The zero-order chi connectivity index (χ0) is 15.0. The number of nitrogens with zero attached hydrogens (tertiary/aromatic N) is 2. The van der Waals surface area contributed by atoms with Crippen molar-refractivity contribution < 1.29 is 19.5 Å². The molecule has 7 nitrogen and oxygen atoms in total. The minimum Gasteiger partial charge on any atom is -0.481 e. The van der Waals surface area contributed by atoms with E-state index >= 15 is 0 Å². The van der Waals surface area contributed by atoms with E-state index in [9.17, 15) is 14.4 Å². The first-order valence-corrected chi connectivity index (χ1v) is 6.33. The van der Waals surface area contributed by atoms with E-state index in [0.29, 0.717) is 13.1 Å². The number of aliphatic carboxylic acids is 1. The van der Waals surface area contributed by atoms with Gasteiger partial charge in [-0.25, -0.2) is 0 Å². The molecule has 0 aliphatic heterocycles. The molecular formula is C12H23N3O4. The predicted molar refractivity (Wildman–Crippen MR) is 70.4 cm³/mol. The van der Waals surface area contributed by atoms with E-state index in [-0.39, 0.29) is 25.3 Å². The van der Waals surface area contributed by atoms with Gasteiger partial charge in [-0.2, -0.15) is 0 Å². The minimum absolute atomic E-state index is 0.0404. The van der Waals surface area contributed by atoms with Crippen LogP contribution in [0.15, 0.2) is 0 Å². The van der Waals surface area contributed by atoms with Crippen molar-refractivity contribution in [2.24, 2.45) is 5.73 Å². The molecule has 7 heteroatoms. The molecule has 0 aliphatic carbocycles. The summed E-state index contributed by atoms with van der Waals surface area (Å²) in [5.41, 5.74) is 5.60. The molecule has 0 aromatic rings. The summed E-state index contributed by atoms with van der Waals surface area (Å²) in [7, 11) is 1.49. The van der Waals surface area contributed by atoms with Crippen LogP contribution in [0.5, 0.6) is 0 Å². The highest BCUT2D eigenvalue weighted by Crippen LogP contribution is 2.00. The summed E-state index contributed by atoms with van der Waals surface area (Å²) in [6, 6.07) is -0.884. The predicted octanol–water partition coefficient (Wildman–Crippen LogP) is -0.495. The molecule has 1 unspecified atom stereocenters. The Hall–Kier alpha value is -1.63. The van der Waals surface area contributed by atoms with Crippen LogP contribution in [0.3, 0.4) is 0 Å². The van der Waals surface area contributed by atoms with Crippen LogP contribution < -0.4 is 5.73 Å². The zero-order valence-electron chi connectivity index (χ0n) is 11.8. The maximum absolute atomic E-state index is 11.8. The number of carboxylic acid groups (broad SMARTS) is 1. The first-order chi connectivity index (χ1) is 8.83. The van der Waals surface area contributed by atoms with Crippen LogP contribution >= 0.6 is 0 Å². The number of amides is 2. The van der Waals surface area contributed by atoms with Gasteiger partial charge in [-0.3, -0.25) is 14.4 Å². The quantitative estimate of drug-likeness (QED) is 0.620. The molecule has 0 heterocycles. The molecule has 3 N–H and O–H groups in total. The summed E-state index contributed by atoms with van der Waals surface area (Å²) in [5, 5.41) is 8.52. The lowest BCUT2D eigenvalue weighted by atomic mass is 10.1.